The molecule has 0 bridgehead atoms. The number of hydrogen-bond acceptors (Lipinski definition) is 4. The van der Waals surface area contributed by atoms with Crippen molar-refractivity contribution in [3.63, 3.8) is 0 Å². The summed E-state index contributed by atoms with van der Waals surface area (Å²) in [5.74, 6) is 1.20. The fourth-order valence-electron chi connectivity index (χ4n) is 1.66. The summed E-state index contributed by atoms with van der Waals surface area (Å²) in [4.78, 5) is 23.9. The van der Waals surface area contributed by atoms with E-state index in [1.54, 1.807) is 13.8 Å². The van der Waals surface area contributed by atoms with E-state index in [1.165, 1.54) is 0 Å². The Morgan fingerprint density at radius 1 is 1.12 bits per heavy atom. The van der Waals surface area contributed by atoms with E-state index in [0.29, 0.717) is 12.8 Å². The van der Waals surface area contributed by atoms with Crippen molar-refractivity contribution in [2.75, 3.05) is 13.2 Å². The Hall–Kier alpha value is -1.50. The lowest BCUT2D eigenvalue weighted by Gasteiger charge is -2.26. The van der Waals surface area contributed by atoms with Crippen molar-refractivity contribution < 1.29 is 19.1 Å². The van der Waals surface area contributed by atoms with Crippen LogP contribution in [0.1, 0.15) is 40.0 Å². The third-order valence-corrected chi connectivity index (χ3v) is 2.41. The van der Waals surface area contributed by atoms with Gasteiger partial charge in [0, 0.05) is 6.42 Å². The zero-order valence-corrected chi connectivity index (χ0v) is 10.7. The molecule has 4 heteroatoms. The fraction of sp³-hybridized carbons (Fsp3) is 0.692. The van der Waals surface area contributed by atoms with Crippen molar-refractivity contribution >= 4 is 11.9 Å². The van der Waals surface area contributed by atoms with Crippen LogP contribution in [0.15, 0.2) is 0 Å². The minimum absolute atomic E-state index is 0.0124. The second-order valence-corrected chi connectivity index (χ2v) is 3.65. The van der Waals surface area contributed by atoms with E-state index in [9.17, 15) is 9.59 Å². The summed E-state index contributed by atoms with van der Waals surface area (Å²) >= 11 is 0. The first-order valence-corrected chi connectivity index (χ1v) is 5.86. The van der Waals surface area contributed by atoms with Gasteiger partial charge in [0.2, 0.25) is 0 Å². The van der Waals surface area contributed by atoms with Crippen LogP contribution in [0.3, 0.4) is 0 Å². The molecule has 0 spiro atoms. The Balaban J connectivity index is 5.18. The molecule has 0 rings (SSSR count). The average Bonchev–Trinajstić information content (AvgIpc) is 2.29. The van der Waals surface area contributed by atoms with Crippen LogP contribution in [0, 0.1) is 17.8 Å². The zero-order valence-electron chi connectivity index (χ0n) is 10.7. The molecule has 17 heavy (non-hydrogen) atoms. The molecule has 0 radical (unpaired) electrons. The zero-order chi connectivity index (χ0) is 13.3. The smallest absolute Gasteiger partial charge is 0.324 e. The average molecular weight is 240 g/mol. The summed E-state index contributed by atoms with van der Waals surface area (Å²) < 4.78 is 9.89. The molecule has 0 aromatic carbocycles. The van der Waals surface area contributed by atoms with Gasteiger partial charge in [-0.15, -0.1) is 12.3 Å². The molecule has 0 fully saturated rings. The van der Waals surface area contributed by atoms with Gasteiger partial charge in [-0.05, 0) is 20.3 Å². The molecule has 0 amide bonds. The molecule has 0 saturated carbocycles. The Bertz CT molecular complexity index is 283. The summed E-state index contributed by atoms with van der Waals surface area (Å²) in [7, 11) is 0. The highest BCUT2D eigenvalue weighted by molar-refractivity contribution is 6.00. The first kappa shape index (κ1) is 15.5. The van der Waals surface area contributed by atoms with Crippen LogP contribution < -0.4 is 0 Å². The number of carbonyl (C=O) groups excluding carboxylic acids is 2. The van der Waals surface area contributed by atoms with Gasteiger partial charge in [0.25, 0.3) is 0 Å². The number of hydrogen-bond donors (Lipinski definition) is 0. The molecule has 0 heterocycles. The van der Waals surface area contributed by atoms with Gasteiger partial charge in [-0.25, -0.2) is 0 Å². The monoisotopic (exact) mass is 240 g/mol. The van der Waals surface area contributed by atoms with Crippen molar-refractivity contribution in [1.82, 2.24) is 0 Å². The predicted molar refractivity (Wildman–Crippen MR) is 64.1 cm³/mol. The van der Waals surface area contributed by atoms with Crippen LogP contribution in [0.2, 0.25) is 0 Å². The first-order chi connectivity index (χ1) is 8.08. The molecule has 0 aliphatic heterocycles. The molecular weight excluding hydrogens is 220 g/mol. The van der Waals surface area contributed by atoms with Gasteiger partial charge in [0.15, 0.2) is 5.41 Å². The lowest BCUT2D eigenvalue weighted by Crippen LogP contribution is -2.42. The SMILES string of the molecule is C#CCC(CCC)(C(=O)OCC)C(=O)OCC. The largest absolute Gasteiger partial charge is 0.465 e. The molecule has 0 aliphatic carbocycles. The lowest BCUT2D eigenvalue weighted by molar-refractivity contribution is -0.172. The first-order valence-electron chi connectivity index (χ1n) is 5.86. The van der Waals surface area contributed by atoms with Gasteiger partial charge >= 0.3 is 11.9 Å². The third kappa shape index (κ3) is 3.77. The molecule has 0 unspecified atom stereocenters. The van der Waals surface area contributed by atoms with Crippen molar-refractivity contribution in [3.8, 4) is 12.3 Å². The van der Waals surface area contributed by atoms with E-state index in [-0.39, 0.29) is 19.6 Å². The maximum Gasteiger partial charge on any atom is 0.324 e. The van der Waals surface area contributed by atoms with Crippen LogP contribution in [0.25, 0.3) is 0 Å². The number of rotatable bonds is 7. The summed E-state index contributed by atoms with van der Waals surface area (Å²) in [5.41, 5.74) is -1.34. The number of carbonyl (C=O) groups is 2. The Morgan fingerprint density at radius 2 is 1.59 bits per heavy atom. The molecule has 0 aromatic heterocycles. The minimum Gasteiger partial charge on any atom is -0.465 e. The van der Waals surface area contributed by atoms with Crippen LogP contribution in [-0.2, 0) is 19.1 Å². The lowest BCUT2D eigenvalue weighted by atomic mass is 9.80. The second kappa shape index (κ2) is 7.72. The maximum absolute atomic E-state index is 11.9. The van der Waals surface area contributed by atoms with E-state index in [2.05, 4.69) is 5.92 Å². The van der Waals surface area contributed by atoms with E-state index >= 15 is 0 Å². The molecule has 0 aliphatic rings. The van der Waals surface area contributed by atoms with E-state index in [0.717, 1.165) is 0 Å². The summed E-state index contributed by atoms with van der Waals surface area (Å²) in [6.07, 6.45) is 6.25. The van der Waals surface area contributed by atoms with Gasteiger partial charge in [0.05, 0.1) is 13.2 Å². The van der Waals surface area contributed by atoms with Crippen LogP contribution in [0.5, 0.6) is 0 Å². The van der Waals surface area contributed by atoms with Crippen LogP contribution in [0.4, 0.5) is 0 Å². The highest BCUT2D eigenvalue weighted by Crippen LogP contribution is 2.31. The van der Waals surface area contributed by atoms with E-state index in [1.807, 2.05) is 6.92 Å². The van der Waals surface area contributed by atoms with Gasteiger partial charge < -0.3 is 9.47 Å². The molecule has 0 N–H and O–H groups in total. The third-order valence-electron chi connectivity index (χ3n) is 2.41. The van der Waals surface area contributed by atoms with Crippen molar-refractivity contribution in [1.29, 1.82) is 0 Å². The van der Waals surface area contributed by atoms with E-state index in [4.69, 9.17) is 15.9 Å². The van der Waals surface area contributed by atoms with Crippen LogP contribution in [-0.4, -0.2) is 25.2 Å². The standard InChI is InChI=1S/C13H20O4/c1-5-9-13(10-6-2,11(14)16-7-3)12(15)17-8-4/h1H,6-10H2,2-4H3. The van der Waals surface area contributed by atoms with Gasteiger partial charge in [-0.3, -0.25) is 9.59 Å². The van der Waals surface area contributed by atoms with Crippen molar-refractivity contribution in [2.24, 2.45) is 5.41 Å². The summed E-state index contributed by atoms with van der Waals surface area (Å²) in [6.45, 7) is 5.69. The molecule has 0 atom stereocenters. The molecule has 0 aromatic rings. The highest BCUT2D eigenvalue weighted by Gasteiger charge is 2.47. The second-order valence-electron chi connectivity index (χ2n) is 3.65. The quantitative estimate of drug-likeness (QED) is 0.387. The van der Waals surface area contributed by atoms with Gasteiger partial charge in [-0.2, -0.15) is 0 Å². The van der Waals surface area contributed by atoms with Crippen LogP contribution >= 0.6 is 0 Å². The predicted octanol–water partition coefficient (Wildman–Crippen LogP) is 1.92. The summed E-state index contributed by atoms with van der Waals surface area (Å²) in [5, 5.41) is 0. The number of esters is 2. The minimum atomic E-state index is -1.34. The number of terminal acetylenes is 1. The Labute approximate surface area is 103 Å². The molecule has 0 saturated heterocycles. The number of ether oxygens (including phenoxy) is 2. The van der Waals surface area contributed by atoms with Gasteiger partial charge in [-0.1, -0.05) is 13.3 Å². The van der Waals surface area contributed by atoms with Crippen molar-refractivity contribution in [3.05, 3.63) is 0 Å². The Morgan fingerprint density at radius 3 is 1.88 bits per heavy atom. The highest BCUT2D eigenvalue weighted by atomic mass is 16.6. The maximum atomic E-state index is 11.9. The van der Waals surface area contributed by atoms with Gasteiger partial charge in [0.1, 0.15) is 0 Å². The fourth-order valence-corrected chi connectivity index (χ4v) is 1.66. The Kier molecular flexibility index (Phi) is 7.04. The van der Waals surface area contributed by atoms with Crippen molar-refractivity contribution in [2.45, 2.75) is 40.0 Å². The van der Waals surface area contributed by atoms with E-state index < -0.39 is 17.4 Å². The molecular formula is C13H20O4. The molecule has 96 valence electrons. The normalized spacial score (nSPS) is 10.5. The summed E-state index contributed by atoms with van der Waals surface area (Å²) in [6, 6.07) is 0. The topological polar surface area (TPSA) is 52.6 Å². The molecule has 4 nitrogen and oxygen atoms in total.